The zero-order valence-electron chi connectivity index (χ0n) is 30.4. The minimum atomic E-state index is -1.00. The number of nitro groups is 1. The number of hydrogen-bond donors (Lipinski definition) is 5. The molecule has 0 saturated carbocycles. The zero-order chi connectivity index (χ0) is 41.1. The van der Waals surface area contributed by atoms with Crippen LogP contribution in [0.1, 0.15) is 58.4 Å². The summed E-state index contributed by atoms with van der Waals surface area (Å²) in [6.07, 6.45) is 1.67. The molecule has 18 nitrogen and oxygen atoms in total. The number of nitrogens with zero attached hydrogens (tertiary/aromatic N) is 2. The van der Waals surface area contributed by atoms with Gasteiger partial charge >= 0.3 is 12.2 Å². The fraction of sp³-hybridized carbons (Fsp3) is 0.400. The Morgan fingerprint density at radius 1 is 0.891 bits per heavy atom. The van der Waals surface area contributed by atoms with Gasteiger partial charge in [0.2, 0.25) is 17.7 Å². The van der Waals surface area contributed by atoms with Crippen LogP contribution in [0.25, 0.3) is 0 Å². The van der Waals surface area contributed by atoms with E-state index in [1.807, 2.05) is 6.92 Å². The molecule has 1 atom stereocenters. The Hall–Kier alpha value is -5.37. The Morgan fingerprint density at radius 3 is 2.04 bits per heavy atom. The fourth-order valence-electron chi connectivity index (χ4n) is 4.55. The summed E-state index contributed by atoms with van der Waals surface area (Å²) in [5.74, 6) is -2.35. The molecule has 1 aliphatic rings. The monoisotopic (exact) mass is 895 g/mol. The van der Waals surface area contributed by atoms with Gasteiger partial charge in [0.05, 0.1) is 11.5 Å². The van der Waals surface area contributed by atoms with Crippen molar-refractivity contribution in [1.29, 1.82) is 0 Å². The molecule has 1 unspecified atom stereocenters. The van der Waals surface area contributed by atoms with E-state index >= 15 is 0 Å². The average Bonchev–Trinajstić information content (AvgIpc) is 3.32. The van der Waals surface area contributed by atoms with Crippen LogP contribution in [0.2, 0.25) is 0 Å². The molecule has 0 aliphatic carbocycles. The second-order valence-electron chi connectivity index (χ2n) is 12.1. The maximum Gasteiger partial charge on any atom is 0.514 e. The van der Waals surface area contributed by atoms with Crippen LogP contribution in [0.5, 0.6) is 5.75 Å². The van der Waals surface area contributed by atoms with Crippen molar-refractivity contribution >= 4 is 85.0 Å². The highest BCUT2D eigenvalue weighted by Gasteiger charge is 2.35. The van der Waals surface area contributed by atoms with E-state index in [0.717, 1.165) is 11.3 Å². The number of urea groups is 1. The molecule has 298 valence electrons. The molecule has 2 aromatic rings. The van der Waals surface area contributed by atoms with Crippen LogP contribution >= 0.6 is 31.9 Å². The van der Waals surface area contributed by atoms with E-state index in [-0.39, 0.29) is 58.3 Å². The Kier molecular flexibility index (Phi) is 19.5. The van der Waals surface area contributed by atoms with Gasteiger partial charge in [0.1, 0.15) is 27.4 Å². The molecule has 6 N–H and O–H groups in total. The fourth-order valence-corrected chi connectivity index (χ4v) is 5.32. The number of non-ortho nitro benzene ring substituents is 1. The highest BCUT2D eigenvalue weighted by atomic mass is 79.9. The lowest BCUT2D eigenvalue weighted by Gasteiger charge is -2.21. The second-order valence-corrected chi connectivity index (χ2v) is 13.7. The van der Waals surface area contributed by atoms with Gasteiger partial charge in [0.25, 0.3) is 17.5 Å². The number of primary amides is 1. The molecule has 55 heavy (non-hydrogen) atoms. The Morgan fingerprint density at radius 2 is 1.51 bits per heavy atom. The van der Waals surface area contributed by atoms with Crippen LogP contribution in [-0.2, 0) is 35.3 Å². The highest BCUT2D eigenvalue weighted by Crippen LogP contribution is 2.29. The first kappa shape index (κ1) is 45.8. The number of hydrogen-bond acceptors (Lipinski definition) is 11. The van der Waals surface area contributed by atoms with Gasteiger partial charge in [-0.25, -0.2) is 9.59 Å². The van der Waals surface area contributed by atoms with Crippen molar-refractivity contribution in [3.63, 3.8) is 0 Å². The van der Waals surface area contributed by atoms with Gasteiger partial charge < -0.3 is 36.5 Å². The molecule has 7 amide bonds. The summed E-state index contributed by atoms with van der Waals surface area (Å²) in [6, 6.07) is 9.99. The van der Waals surface area contributed by atoms with E-state index in [2.05, 4.69) is 53.1 Å². The summed E-state index contributed by atoms with van der Waals surface area (Å²) in [6.45, 7) is 5.93. The van der Waals surface area contributed by atoms with Gasteiger partial charge in [0.15, 0.2) is 0 Å². The average molecular weight is 898 g/mol. The molecule has 0 spiro atoms. The minimum Gasteiger partial charge on any atom is -0.429 e. The number of amides is 7. The number of ether oxygens (including phenoxy) is 2. The van der Waals surface area contributed by atoms with Crippen molar-refractivity contribution in [3.8, 4) is 5.75 Å². The van der Waals surface area contributed by atoms with Crippen LogP contribution in [0, 0.1) is 16.0 Å². The maximum atomic E-state index is 12.8. The molecule has 2 aromatic carbocycles. The van der Waals surface area contributed by atoms with Crippen molar-refractivity contribution < 1.29 is 48.0 Å². The number of carbonyl (C=O) groups excluding carboxylic acids is 7. The predicted molar refractivity (Wildman–Crippen MR) is 207 cm³/mol. The first-order chi connectivity index (χ1) is 26.0. The van der Waals surface area contributed by atoms with Gasteiger partial charge in [-0.1, -0.05) is 39.3 Å². The number of carbonyl (C=O) groups is 7. The summed E-state index contributed by atoms with van der Waals surface area (Å²) >= 11 is 6.16. The van der Waals surface area contributed by atoms with E-state index < -0.39 is 46.8 Å². The van der Waals surface area contributed by atoms with Gasteiger partial charge in [-0.15, -0.1) is 0 Å². The second kappa shape index (κ2) is 23.4. The predicted octanol–water partition coefficient (Wildman–Crippen LogP) is 4.50. The number of nitrogens with two attached hydrogens (primary N) is 1. The third kappa shape index (κ3) is 16.3. The lowest BCUT2D eigenvalue weighted by Crippen LogP contribution is -2.51. The van der Waals surface area contributed by atoms with Gasteiger partial charge in [-0.3, -0.25) is 39.0 Å². The van der Waals surface area contributed by atoms with E-state index in [1.54, 1.807) is 38.1 Å². The number of rotatable bonds is 18. The summed E-state index contributed by atoms with van der Waals surface area (Å²) in [5.41, 5.74) is 5.60. The minimum absolute atomic E-state index is 0.0818. The SMILES string of the molecule is CC(C)C(NC(=O)CCCCCN1C(=O)C(Br)=C(Br)C1=O)C(=O)NCC(=O)Nc1ccc(COC(=O)Oc2ccc([N+](=O)[O-])cc2)cc1.CCCNC(N)=O. The molecule has 0 saturated heterocycles. The number of anilines is 1. The number of benzene rings is 2. The number of nitrogens with one attached hydrogen (secondary N) is 4. The molecular formula is C35H43Br2N7O11. The smallest absolute Gasteiger partial charge is 0.429 e. The zero-order valence-corrected chi connectivity index (χ0v) is 33.5. The van der Waals surface area contributed by atoms with Gasteiger partial charge in [-0.2, -0.15) is 0 Å². The van der Waals surface area contributed by atoms with Crippen molar-refractivity contribution in [3.05, 3.63) is 73.2 Å². The summed E-state index contributed by atoms with van der Waals surface area (Å²) in [5, 5.41) is 21.0. The summed E-state index contributed by atoms with van der Waals surface area (Å²) in [7, 11) is 0. The summed E-state index contributed by atoms with van der Waals surface area (Å²) in [4.78, 5) is 94.9. The van der Waals surface area contributed by atoms with E-state index in [9.17, 15) is 43.7 Å². The Balaban J connectivity index is 0.00000136. The van der Waals surface area contributed by atoms with Crippen LogP contribution in [-0.4, -0.2) is 77.2 Å². The molecule has 0 fully saturated rings. The maximum absolute atomic E-state index is 12.8. The van der Waals surface area contributed by atoms with E-state index in [1.165, 1.54) is 24.3 Å². The first-order valence-corrected chi connectivity index (χ1v) is 18.6. The molecule has 0 radical (unpaired) electrons. The normalized spacial score (nSPS) is 12.7. The molecule has 1 aliphatic heterocycles. The quantitative estimate of drug-likeness (QED) is 0.0348. The van der Waals surface area contributed by atoms with Gasteiger partial charge in [-0.05, 0) is 86.9 Å². The van der Waals surface area contributed by atoms with Crippen LogP contribution < -0.4 is 31.7 Å². The molecule has 20 heteroatoms. The number of nitro benzene ring substituents is 1. The van der Waals surface area contributed by atoms with Crippen LogP contribution in [0.4, 0.5) is 21.0 Å². The van der Waals surface area contributed by atoms with E-state index in [0.29, 0.717) is 37.1 Å². The standard InChI is InChI=1S/C31H33Br2N5O10.C4H10N2O/c1-18(2)27(36-23(39)6-4-3-5-15-37-29(42)25(32)26(33)30(37)43)28(41)34-16-24(40)35-20-9-7-19(8-10-20)17-47-31(44)48-22-13-11-21(12-14-22)38(45)46;1-2-3-6-4(5)7/h7-14,18,27H,3-6,15-17H2,1-2H3,(H,34,41)(H,35,40)(H,36,39);2-3H2,1H3,(H3,5,6,7). The molecule has 0 aromatic heterocycles. The Bertz CT molecular complexity index is 1710. The number of halogens is 2. The lowest BCUT2D eigenvalue weighted by molar-refractivity contribution is -0.384. The topological polar surface area (TPSA) is 258 Å². The number of imide groups is 1. The first-order valence-electron chi connectivity index (χ1n) is 17.0. The molecule has 0 bridgehead atoms. The van der Waals surface area contributed by atoms with Crippen molar-refractivity contribution in [1.82, 2.24) is 20.9 Å². The number of unbranched alkanes of at least 4 members (excludes halogenated alkanes) is 2. The van der Waals surface area contributed by atoms with Crippen molar-refractivity contribution in [2.45, 2.75) is 65.5 Å². The molecule has 1 heterocycles. The van der Waals surface area contributed by atoms with Crippen LogP contribution in [0.3, 0.4) is 0 Å². The molecular weight excluding hydrogens is 854 g/mol. The van der Waals surface area contributed by atoms with E-state index in [4.69, 9.17) is 15.2 Å². The summed E-state index contributed by atoms with van der Waals surface area (Å²) < 4.78 is 10.4. The van der Waals surface area contributed by atoms with Crippen molar-refractivity contribution in [2.75, 3.05) is 25.0 Å². The van der Waals surface area contributed by atoms with Gasteiger partial charge in [0, 0.05) is 37.3 Å². The third-order valence-corrected chi connectivity index (χ3v) is 9.43. The van der Waals surface area contributed by atoms with Crippen LogP contribution in [0.15, 0.2) is 57.5 Å². The lowest BCUT2D eigenvalue weighted by atomic mass is 10.0. The third-order valence-electron chi connectivity index (χ3n) is 7.43. The Labute approximate surface area is 333 Å². The van der Waals surface area contributed by atoms with Crippen molar-refractivity contribution in [2.24, 2.45) is 11.7 Å². The highest BCUT2D eigenvalue weighted by molar-refractivity contribution is 9.14. The largest absolute Gasteiger partial charge is 0.514 e. The molecule has 3 rings (SSSR count).